The van der Waals surface area contributed by atoms with Crippen LogP contribution in [0.15, 0.2) is 18.2 Å². The van der Waals surface area contributed by atoms with Gasteiger partial charge >= 0.3 is 0 Å². The van der Waals surface area contributed by atoms with Crippen LogP contribution < -0.4 is 5.73 Å². The second-order valence-electron chi connectivity index (χ2n) is 5.92. The average Bonchev–Trinajstić information content (AvgIpc) is 2.48. The van der Waals surface area contributed by atoms with E-state index in [1.54, 1.807) is 12.1 Å². The van der Waals surface area contributed by atoms with Crippen LogP contribution in [-0.4, -0.2) is 18.8 Å². The van der Waals surface area contributed by atoms with Gasteiger partial charge in [0.25, 0.3) is 0 Å². The summed E-state index contributed by atoms with van der Waals surface area (Å²) in [5.41, 5.74) is 6.97. The van der Waals surface area contributed by atoms with Crippen molar-refractivity contribution in [3.05, 3.63) is 34.6 Å². The molecule has 1 aromatic carbocycles. The van der Waals surface area contributed by atoms with E-state index >= 15 is 0 Å². The maximum Gasteiger partial charge on any atom is 0.127 e. The third kappa shape index (κ3) is 4.67. The molecule has 2 rings (SSSR count). The molecule has 21 heavy (non-hydrogen) atoms. The van der Waals surface area contributed by atoms with E-state index < -0.39 is 0 Å². The van der Waals surface area contributed by atoms with Gasteiger partial charge in [0.2, 0.25) is 0 Å². The maximum atomic E-state index is 13.9. The van der Waals surface area contributed by atoms with Gasteiger partial charge < -0.3 is 10.5 Å². The average molecular weight is 314 g/mol. The molecule has 0 saturated heterocycles. The van der Waals surface area contributed by atoms with E-state index in [9.17, 15) is 4.39 Å². The molecule has 1 saturated carbocycles. The van der Waals surface area contributed by atoms with Gasteiger partial charge in [0.15, 0.2) is 0 Å². The Balaban J connectivity index is 2.04. The van der Waals surface area contributed by atoms with Gasteiger partial charge in [-0.2, -0.15) is 0 Å². The van der Waals surface area contributed by atoms with E-state index in [1.165, 1.54) is 38.2 Å². The molecule has 118 valence electrons. The fourth-order valence-electron chi connectivity index (χ4n) is 3.32. The summed E-state index contributed by atoms with van der Waals surface area (Å²) in [5.74, 6) is 0.223. The summed E-state index contributed by atoms with van der Waals surface area (Å²) < 4.78 is 19.8. The van der Waals surface area contributed by atoms with Crippen molar-refractivity contribution in [1.29, 1.82) is 0 Å². The molecule has 0 radical (unpaired) electrons. The van der Waals surface area contributed by atoms with Crippen molar-refractivity contribution in [1.82, 2.24) is 0 Å². The molecule has 0 spiro atoms. The van der Waals surface area contributed by atoms with Gasteiger partial charge in [-0.05, 0) is 49.8 Å². The minimum Gasteiger partial charge on any atom is -0.377 e. The highest BCUT2D eigenvalue weighted by Gasteiger charge is 2.29. The number of benzene rings is 1. The van der Waals surface area contributed by atoms with E-state index in [4.69, 9.17) is 22.1 Å². The highest BCUT2D eigenvalue weighted by atomic mass is 35.5. The monoisotopic (exact) mass is 313 g/mol. The van der Waals surface area contributed by atoms with Crippen molar-refractivity contribution in [3.8, 4) is 0 Å². The van der Waals surface area contributed by atoms with Crippen LogP contribution in [0.3, 0.4) is 0 Å². The molecule has 1 aliphatic rings. The zero-order valence-electron chi connectivity index (χ0n) is 12.7. The lowest BCUT2D eigenvalue weighted by molar-refractivity contribution is -0.00925. The first kappa shape index (κ1) is 16.7. The van der Waals surface area contributed by atoms with Crippen molar-refractivity contribution in [2.75, 3.05) is 6.61 Å². The molecule has 1 fully saturated rings. The van der Waals surface area contributed by atoms with Crippen LogP contribution in [0, 0.1) is 11.7 Å². The topological polar surface area (TPSA) is 35.2 Å². The number of rotatable bonds is 6. The number of nitrogens with two attached hydrogens (primary N) is 1. The molecule has 0 aromatic heterocycles. The minimum absolute atomic E-state index is 0.0189. The lowest BCUT2D eigenvalue weighted by atomic mass is 9.81. The first-order chi connectivity index (χ1) is 10.1. The van der Waals surface area contributed by atoms with E-state index in [0.29, 0.717) is 29.5 Å². The van der Waals surface area contributed by atoms with Crippen LogP contribution in [0.4, 0.5) is 4.39 Å². The van der Waals surface area contributed by atoms with E-state index in [1.807, 2.05) is 6.92 Å². The first-order valence-electron chi connectivity index (χ1n) is 7.93. The number of hydrogen-bond donors (Lipinski definition) is 1. The molecular weight excluding hydrogens is 289 g/mol. The predicted molar refractivity (Wildman–Crippen MR) is 85.1 cm³/mol. The van der Waals surface area contributed by atoms with Crippen LogP contribution in [0.2, 0.25) is 5.02 Å². The molecule has 2 unspecified atom stereocenters. The summed E-state index contributed by atoms with van der Waals surface area (Å²) in [4.78, 5) is 0. The SMILES string of the molecule is CCOC(C(N)Cc1ccc(Cl)cc1F)C1CCCCC1. The molecule has 2 atom stereocenters. The molecule has 1 aromatic rings. The third-order valence-corrected chi connectivity index (χ3v) is 4.60. The van der Waals surface area contributed by atoms with E-state index in [0.717, 1.165) is 0 Å². The van der Waals surface area contributed by atoms with Crippen LogP contribution in [-0.2, 0) is 11.2 Å². The van der Waals surface area contributed by atoms with Crippen LogP contribution in [0.25, 0.3) is 0 Å². The standard InChI is InChI=1S/C17H25ClFNO/c1-2-21-17(12-6-4-3-5-7-12)16(20)10-13-8-9-14(18)11-15(13)19/h8-9,11-12,16-17H,2-7,10,20H2,1H3. The Morgan fingerprint density at radius 1 is 1.33 bits per heavy atom. The molecule has 2 nitrogen and oxygen atoms in total. The Morgan fingerprint density at radius 3 is 2.67 bits per heavy atom. The molecule has 4 heteroatoms. The van der Waals surface area contributed by atoms with Gasteiger partial charge in [0.1, 0.15) is 5.82 Å². The molecule has 2 N–H and O–H groups in total. The summed E-state index contributed by atoms with van der Waals surface area (Å²) in [6.07, 6.45) is 6.64. The van der Waals surface area contributed by atoms with Gasteiger partial charge in [0, 0.05) is 17.7 Å². The van der Waals surface area contributed by atoms with Crippen molar-refractivity contribution in [3.63, 3.8) is 0 Å². The van der Waals surface area contributed by atoms with Gasteiger partial charge in [-0.3, -0.25) is 0 Å². The van der Waals surface area contributed by atoms with Crippen molar-refractivity contribution in [2.45, 2.75) is 57.6 Å². The predicted octanol–water partition coefficient (Wildman–Crippen LogP) is 4.33. The number of hydrogen-bond acceptors (Lipinski definition) is 2. The largest absolute Gasteiger partial charge is 0.377 e. The smallest absolute Gasteiger partial charge is 0.127 e. The van der Waals surface area contributed by atoms with Crippen molar-refractivity contribution < 1.29 is 9.13 Å². The van der Waals surface area contributed by atoms with Crippen LogP contribution >= 0.6 is 11.6 Å². The number of ether oxygens (including phenoxy) is 1. The summed E-state index contributed by atoms with van der Waals surface area (Å²) >= 11 is 5.79. The molecule has 0 aliphatic heterocycles. The Bertz CT molecular complexity index is 448. The normalized spacial score (nSPS) is 19.4. The van der Waals surface area contributed by atoms with Gasteiger partial charge in [-0.25, -0.2) is 4.39 Å². The first-order valence-corrected chi connectivity index (χ1v) is 8.30. The van der Waals surface area contributed by atoms with Crippen molar-refractivity contribution in [2.24, 2.45) is 11.7 Å². The Hall–Kier alpha value is -0.640. The van der Waals surface area contributed by atoms with E-state index in [2.05, 4.69) is 0 Å². The quantitative estimate of drug-likeness (QED) is 0.848. The fourth-order valence-corrected chi connectivity index (χ4v) is 3.48. The zero-order chi connectivity index (χ0) is 15.2. The molecule has 1 aliphatic carbocycles. The lowest BCUT2D eigenvalue weighted by Gasteiger charge is -2.34. The molecule has 0 bridgehead atoms. The maximum absolute atomic E-state index is 13.9. The van der Waals surface area contributed by atoms with Gasteiger partial charge in [0.05, 0.1) is 6.10 Å². The highest BCUT2D eigenvalue weighted by Crippen LogP contribution is 2.30. The summed E-state index contributed by atoms with van der Waals surface area (Å²) in [7, 11) is 0. The zero-order valence-corrected chi connectivity index (χ0v) is 13.4. The summed E-state index contributed by atoms with van der Waals surface area (Å²) in [6, 6.07) is 4.60. The molecule has 0 amide bonds. The second-order valence-corrected chi connectivity index (χ2v) is 6.36. The molecule has 0 heterocycles. The molecular formula is C17H25ClFNO. The Labute approximate surface area is 131 Å². The van der Waals surface area contributed by atoms with Crippen molar-refractivity contribution >= 4 is 11.6 Å². The highest BCUT2D eigenvalue weighted by molar-refractivity contribution is 6.30. The van der Waals surface area contributed by atoms with Crippen LogP contribution in [0.1, 0.15) is 44.6 Å². The summed E-state index contributed by atoms with van der Waals surface area (Å²) in [5, 5.41) is 0.415. The Morgan fingerprint density at radius 2 is 2.05 bits per heavy atom. The second kappa shape index (κ2) is 8.11. The fraction of sp³-hybridized carbons (Fsp3) is 0.647. The van der Waals surface area contributed by atoms with Crippen LogP contribution in [0.5, 0.6) is 0 Å². The minimum atomic E-state index is -0.281. The number of halogens is 2. The Kier molecular flexibility index (Phi) is 6.46. The van der Waals surface area contributed by atoms with E-state index in [-0.39, 0.29) is 18.0 Å². The van der Waals surface area contributed by atoms with Gasteiger partial charge in [-0.1, -0.05) is 36.9 Å². The van der Waals surface area contributed by atoms with Gasteiger partial charge in [-0.15, -0.1) is 0 Å². The summed E-state index contributed by atoms with van der Waals surface area (Å²) in [6.45, 7) is 2.64. The lowest BCUT2D eigenvalue weighted by Crippen LogP contribution is -2.44. The third-order valence-electron chi connectivity index (χ3n) is 4.37.